The number of carbonyl (C=O) groups is 2. The van der Waals surface area contributed by atoms with Crippen molar-refractivity contribution < 1.29 is 14.7 Å². The zero-order valence-electron chi connectivity index (χ0n) is 8.77. The van der Waals surface area contributed by atoms with Gasteiger partial charge in [0.05, 0.1) is 0 Å². The van der Waals surface area contributed by atoms with Crippen molar-refractivity contribution >= 4 is 11.9 Å². The summed E-state index contributed by atoms with van der Waals surface area (Å²) >= 11 is 0. The molecule has 5 nitrogen and oxygen atoms in total. The second kappa shape index (κ2) is 5.50. The van der Waals surface area contributed by atoms with Gasteiger partial charge in [0.1, 0.15) is 0 Å². The Kier molecular flexibility index (Phi) is 4.30. The van der Waals surface area contributed by atoms with Gasteiger partial charge in [-0.1, -0.05) is 6.08 Å². The Balaban J connectivity index is 2.24. The normalized spacial score (nSPS) is 22.1. The second-order valence-electron chi connectivity index (χ2n) is 3.69. The van der Waals surface area contributed by atoms with Crippen LogP contribution in [0.3, 0.4) is 0 Å². The predicted octanol–water partition coefficient (Wildman–Crippen LogP) is -0.162. The van der Waals surface area contributed by atoms with Crippen LogP contribution in [0.25, 0.3) is 0 Å². The lowest BCUT2D eigenvalue weighted by Gasteiger charge is -2.13. The number of hydrogen-bond acceptors (Lipinski definition) is 3. The first-order valence-corrected chi connectivity index (χ1v) is 4.97. The Morgan fingerprint density at radius 1 is 1.60 bits per heavy atom. The molecule has 2 N–H and O–H groups in total. The van der Waals surface area contributed by atoms with Crippen molar-refractivity contribution in [2.24, 2.45) is 0 Å². The molecule has 84 valence electrons. The van der Waals surface area contributed by atoms with Gasteiger partial charge in [-0.05, 0) is 6.42 Å². The number of carbonyl (C=O) groups excluding carboxylic acids is 1. The molecule has 0 aromatic heterocycles. The van der Waals surface area contributed by atoms with Gasteiger partial charge in [0, 0.05) is 38.7 Å². The predicted molar refractivity (Wildman–Crippen MR) is 55.4 cm³/mol. The number of likely N-dealkylation sites (tertiary alicyclic amines) is 1. The van der Waals surface area contributed by atoms with E-state index in [2.05, 4.69) is 10.2 Å². The highest BCUT2D eigenvalue weighted by Crippen LogP contribution is 2.08. The third kappa shape index (κ3) is 4.60. The first kappa shape index (κ1) is 11.7. The van der Waals surface area contributed by atoms with E-state index in [1.54, 1.807) is 6.08 Å². The SMILES string of the molecule is CC(=O)NC1CCN(C/C=C/C(=O)O)C1. The van der Waals surface area contributed by atoms with Gasteiger partial charge >= 0.3 is 5.97 Å². The molecular weight excluding hydrogens is 196 g/mol. The minimum Gasteiger partial charge on any atom is -0.478 e. The molecule has 1 aliphatic rings. The standard InChI is InChI=1S/C10H16N2O3/c1-8(13)11-9-4-6-12(7-9)5-2-3-10(14)15/h2-3,9H,4-7H2,1H3,(H,11,13)(H,14,15)/b3-2+. The largest absolute Gasteiger partial charge is 0.478 e. The Morgan fingerprint density at radius 2 is 2.33 bits per heavy atom. The van der Waals surface area contributed by atoms with Gasteiger partial charge < -0.3 is 10.4 Å². The summed E-state index contributed by atoms with van der Waals surface area (Å²) in [5.74, 6) is -0.935. The lowest BCUT2D eigenvalue weighted by molar-refractivity contribution is -0.131. The maximum absolute atomic E-state index is 10.8. The number of nitrogens with zero attached hydrogens (tertiary/aromatic N) is 1. The summed E-state index contributed by atoms with van der Waals surface area (Å²) < 4.78 is 0. The molecular formula is C10H16N2O3. The van der Waals surface area contributed by atoms with Crippen molar-refractivity contribution in [2.45, 2.75) is 19.4 Å². The number of rotatable bonds is 4. The molecule has 1 saturated heterocycles. The fourth-order valence-corrected chi connectivity index (χ4v) is 1.71. The minimum absolute atomic E-state index is 0.0112. The van der Waals surface area contributed by atoms with Crippen molar-refractivity contribution in [2.75, 3.05) is 19.6 Å². The quantitative estimate of drug-likeness (QED) is 0.635. The van der Waals surface area contributed by atoms with Crippen LogP contribution < -0.4 is 5.32 Å². The third-order valence-electron chi connectivity index (χ3n) is 2.30. The third-order valence-corrected chi connectivity index (χ3v) is 2.30. The average molecular weight is 212 g/mol. The van der Waals surface area contributed by atoms with Crippen LogP contribution >= 0.6 is 0 Å². The van der Waals surface area contributed by atoms with Crippen molar-refractivity contribution in [3.8, 4) is 0 Å². The second-order valence-corrected chi connectivity index (χ2v) is 3.69. The molecule has 1 amide bonds. The molecule has 0 radical (unpaired) electrons. The Morgan fingerprint density at radius 3 is 2.93 bits per heavy atom. The smallest absolute Gasteiger partial charge is 0.328 e. The Bertz CT molecular complexity index is 276. The molecule has 1 rings (SSSR count). The minimum atomic E-state index is -0.924. The van der Waals surface area contributed by atoms with Gasteiger partial charge in [-0.25, -0.2) is 4.79 Å². The molecule has 5 heteroatoms. The lowest BCUT2D eigenvalue weighted by atomic mass is 10.3. The summed E-state index contributed by atoms with van der Waals surface area (Å²) in [5, 5.41) is 11.2. The highest BCUT2D eigenvalue weighted by Gasteiger charge is 2.21. The van der Waals surface area contributed by atoms with E-state index in [4.69, 9.17) is 5.11 Å². The van der Waals surface area contributed by atoms with Crippen molar-refractivity contribution in [3.05, 3.63) is 12.2 Å². The zero-order chi connectivity index (χ0) is 11.3. The molecule has 0 aromatic carbocycles. The molecule has 1 heterocycles. The first-order valence-electron chi connectivity index (χ1n) is 4.97. The van der Waals surface area contributed by atoms with E-state index in [0.717, 1.165) is 25.6 Å². The molecule has 1 atom stereocenters. The summed E-state index contributed by atoms with van der Waals surface area (Å²) in [4.78, 5) is 23.1. The van der Waals surface area contributed by atoms with Gasteiger partial charge in [0.2, 0.25) is 5.91 Å². The van der Waals surface area contributed by atoms with Crippen LogP contribution in [0.15, 0.2) is 12.2 Å². The number of carboxylic acid groups (broad SMARTS) is 1. The van der Waals surface area contributed by atoms with Gasteiger partial charge in [0.25, 0.3) is 0 Å². The van der Waals surface area contributed by atoms with E-state index in [0.29, 0.717) is 6.54 Å². The van der Waals surface area contributed by atoms with Crippen molar-refractivity contribution in [1.82, 2.24) is 10.2 Å². The molecule has 0 bridgehead atoms. The van der Waals surface area contributed by atoms with E-state index in [-0.39, 0.29) is 11.9 Å². The monoisotopic (exact) mass is 212 g/mol. The molecule has 0 aliphatic carbocycles. The summed E-state index contributed by atoms with van der Waals surface area (Å²) in [6, 6.07) is 0.209. The molecule has 0 saturated carbocycles. The van der Waals surface area contributed by atoms with Crippen molar-refractivity contribution in [1.29, 1.82) is 0 Å². The molecule has 0 aromatic rings. The molecule has 1 unspecified atom stereocenters. The average Bonchev–Trinajstić information content (AvgIpc) is 2.50. The highest BCUT2D eigenvalue weighted by atomic mass is 16.4. The molecule has 15 heavy (non-hydrogen) atoms. The number of nitrogens with one attached hydrogen (secondary N) is 1. The van der Waals surface area contributed by atoms with Gasteiger partial charge in [0.15, 0.2) is 0 Å². The van der Waals surface area contributed by atoms with Gasteiger partial charge in [-0.15, -0.1) is 0 Å². The van der Waals surface area contributed by atoms with Crippen LogP contribution in [0.5, 0.6) is 0 Å². The van der Waals surface area contributed by atoms with E-state index in [1.165, 1.54) is 6.92 Å². The van der Waals surface area contributed by atoms with Crippen LogP contribution in [0.4, 0.5) is 0 Å². The van der Waals surface area contributed by atoms with Crippen LogP contribution in [0.1, 0.15) is 13.3 Å². The number of carboxylic acids is 1. The van der Waals surface area contributed by atoms with E-state index >= 15 is 0 Å². The fourth-order valence-electron chi connectivity index (χ4n) is 1.71. The van der Waals surface area contributed by atoms with Crippen molar-refractivity contribution in [3.63, 3.8) is 0 Å². The van der Waals surface area contributed by atoms with E-state index in [1.807, 2.05) is 0 Å². The first-order chi connectivity index (χ1) is 7.08. The number of hydrogen-bond donors (Lipinski definition) is 2. The zero-order valence-corrected chi connectivity index (χ0v) is 8.77. The fraction of sp³-hybridized carbons (Fsp3) is 0.600. The maximum atomic E-state index is 10.8. The maximum Gasteiger partial charge on any atom is 0.328 e. The van der Waals surface area contributed by atoms with Gasteiger partial charge in [-0.3, -0.25) is 9.69 Å². The van der Waals surface area contributed by atoms with Crippen LogP contribution in [-0.4, -0.2) is 47.6 Å². The van der Waals surface area contributed by atoms with Gasteiger partial charge in [-0.2, -0.15) is 0 Å². The van der Waals surface area contributed by atoms with E-state index in [9.17, 15) is 9.59 Å². The van der Waals surface area contributed by atoms with Crippen LogP contribution in [-0.2, 0) is 9.59 Å². The topological polar surface area (TPSA) is 69.6 Å². The van der Waals surface area contributed by atoms with E-state index < -0.39 is 5.97 Å². The number of aliphatic carboxylic acids is 1. The summed E-state index contributed by atoms with van der Waals surface area (Å²) in [6.45, 7) is 3.83. The molecule has 1 aliphatic heterocycles. The molecule has 0 spiro atoms. The highest BCUT2D eigenvalue weighted by molar-refractivity contribution is 5.79. The summed E-state index contributed by atoms with van der Waals surface area (Å²) in [6.07, 6.45) is 3.70. The lowest BCUT2D eigenvalue weighted by Crippen LogP contribution is -2.35. The number of amides is 1. The molecule has 1 fully saturated rings. The Hall–Kier alpha value is -1.36. The van der Waals surface area contributed by atoms with Crippen LogP contribution in [0, 0.1) is 0 Å². The Labute approximate surface area is 88.8 Å². The summed E-state index contributed by atoms with van der Waals surface area (Å²) in [5.41, 5.74) is 0. The van der Waals surface area contributed by atoms with Crippen LogP contribution in [0.2, 0.25) is 0 Å². The summed E-state index contributed by atoms with van der Waals surface area (Å²) in [7, 11) is 0.